The summed E-state index contributed by atoms with van der Waals surface area (Å²) in [5.41, 5.74) is 0.912. The van der Waals surface area contributed by atoms with Crippen LogP contribution in [0.1, 0.15) is 11.1 Å². The van der Waals surface area contributed by atoms with Crippen LogP contribution in [0.15, 0.2) is 24.3 Å². The lowest BCUT2D eigenvalue weighted by Gasteiger charge is -1.96. The molecule has 0 saturated carbocycles. The van der Waals surface area contributed by atoms with Crippen LogP contribution in [0.2, 0.25) is 0 Å². The summed E-state index contributed by atoms with van der Waals surface area (Å²) in [7, 11) is 1.84. The van der Waals surface area contributed by atoms with Crippen molar-refractivity contribution in [3.05, 3.63) is 41.2 Å². The van der Waals surface area contributed by atoms with Gasteiger partial charge < -0.3 is 5.32 Å². The SMILES string of the molecule is CNCC=Cc1ccc(F)c(C#N)c1. The van der Waals surface area contributed by atoms with Crippen LogP contribution in [0, 0.1) is 17.1 Å². The molecule has 0 aliphatic carbocycles. The molecule has 72 valence electrons. The van der Waals surface area contributed by atoms with Crippen molar-refractivity contribution >= 4 is 6.08 Å². The number of hydrogen-bond donors (Lipinski definition) is 1. The lowest BCUT2D eigenvalue weighted by molar-refractivity contribution is 0.624. The van der Waals surface area contributed by atoms with Gasteiger partial charge in [-0.05, 0) is 24.7 Å². The van der Waals surface area contributed by atoms with E-state index < -0.39 is 5.82 Å². The summed E-state index contributed by atoms with van der Waals surface area (Å²) < 4.78 is 12.9. The first-order valence-electron chi connectivity index (χ1n) is 4.28. The van der Waals surface area contributed by atoms with Gasteiger partial charge in [-0.3, -0.25) is 0 Å². The Bertz CT molecular complexity index is 377. The molecule has 0 aliphatic heterocycles. The maximum atomic E-state index is 12.9. The Balaban J connectivity index is 2.86. The second-order valence-electron chi connectivity index (χ2n) is 2.81. The monoisotopic (exact) mass is 190 g/mol. The number of hydrogen-bond acceptors (Lipinski definition) is 2. The van der Waals surface area contributed by atoms with Gasteiger partial charge in [0.2, 0.25) is 0 Å². The fourth-order valence-electron chi connectivity index (χ4n) is 1.05. The van der Waals surface area contributed by atoms with E-state index in [9.17, 15) is 4.39 Å². The van der Waals surface area contributed by atoms with Gasteiger partial charge in [0, 0.05) is 6.54 Å². The third-order valence-corrected chi connectivity index (χ3v) is 1.74. The molecule has 3 heteroatoms. The Morgan fingerprint density at radius 2 is 2.36 bits per heavy atom. The molecule has 0 radical (unpaired) electrons. The van der Waals surface area contributed by atoms with Crippen LogP contribution < -0.4 is 5.32 Å². The summed E-state index contributed by atoms with van der Waals surface area (Å²) in [4.78, 5) is 0. The van der Waals surface area contributed by atoms with Crippen LogP contribution in [0.25, 0.3) is 6.08 Å². The normalized spacial score (nSPS) is 10.4. The van der Waals surface area contributed by atoms with Crippen LogP contribution in [0.5, 0.6) is 0 Å². The Kier molecular flexibility index (Phi) is 3.84. The molecular weight excluding hydrogens is 179 g/mol. The van der Waals surface area contributed by atoms with Crippen LogP contribution >= 0.6 is 0 Å². The van der Waals surface area contributed by atoms with Crippen molar-refractivity contribution in [1.29, 1.82) is 5.26 Å². The summed E-state index contributed by atoms with van der Waals surface area (Å²) in [6.07, 6.45) is 3.76. The lowest BCUT2D eigenvalue weighted by atomic mass is 10.1. The van der Waals surface area contributed by atoms with Gasteiger partial charge in [-0.25, -0.2) is 4.39 Å². The van der Waals surface area contributed by atoms with E-state index >= 15 is 0 Å². The molecule has 2 nitrogen and oxygen atoms in total. The zero-order valence-corrected chi connectivity index (χ0v) is 7.92. The molecule has 1 aromatic carbocycles. The highest BCUT2D eigenvalue weighted by molar-refractivity contribution is 5.52. The van der Waals surface area contributed by atoms with Gasteiger partial charge >= 0.3 is 0 Å². The molecular formula is C11H11FN2. The van der Waals surface area contributed by atoms with E-state index in [0.29, 0.717) is 0 Å². The largest absolute Gasteiger partial charge is 0.316 e. The quantitative estimate of drug-likeness (QED) is 0.790. The van der Waals surface area contributed by atoms with Crippen molar-refractivity contribution in [3.63, 3.8) is 0 Å². The van der Waals surface area contributed by atoms with Crippen molar-refractivity contribution in [3.8, 4) is 6.07 Å². The van der Waals surface area contributed by atoms with Gasteiger partial charge in [-0.15, -0.1) is 0 Å². The number of halogens is 1. The summed E-state index contributed by atoms with van der Waals surface area (Å²) in [6.45, 7) is 0.749. The van der Waals surface area contributed by atoms with E-state index in [1.807, 2.05) is 19.2 Å². The standard InChI is InChI=1S/C11H11FN2/c1-14-6-2-3-9-4-5-11(12)10(7-9)8-13/h2-5,7,14H,6H2,1H3. The van der Waals surface area contributed by atoms with Gasteiger partial charge in [0.1, 0.15) is 11.9 Å². The molecule has 1 rings (SSSR count). The Hall–Kier alpha value is -1.66. The third kappa shape index (κ3) is 2.68. The lowest BCUT2D eigenvalue weighted by Crippen LogP contribution is -2.03. The van der Waals surface area contributed by atoms with Crippen molar-refractivity contribution < 1.29 is 4.39 Å². The van der Waals surface area contributed by atoms with Crippen LogP contribution in [0.4, 0.5) is 4.39 Å². The van der Waals surface area contributed by atoms with Crippen molar-refractivity contribution in [2.75, 3.05) is 13.6 Å². The zero-order chi connectivity index (χ0) is 10.4. The Labute approximate surface area is 82.7 Å². The minimum Gasteiger partial charge on any atom is -0.316 e. The van der Waals surface area contributed by atoms with E-state index in [1.165, 1.54) is 12.1 Å². The molecule has 1 aromatic rings. The maximum Gasteiger partial charge on any atom is 0.140 e. The van der Waals surface area contributed by atoms with Crippen molar-refractivity contribution in [2.24, 2.45) is 0 Å². The topological polar surface area (TPSA) is 35.8 Å². The maximum absolute atomic E-state index is 12.9. The minimum atomic E-state index is -0.474. The number of likely N-dealkylation sites (N-methyl/N-ethyl adjacent to an activating group) is 1. The first-order valence-corrected chi connectivity index (χ1v) is 4.28. The summed E-state index contributed by atoms with van der Waals surface area (Å²) in [5.74, 6) is -0.474. The molecule has 0 bridgehead atoms. The first kappa shape index (κ1) is 10.4. The van der Waals surface area contributed by atoms with Gasteiger partial charge in [0.15, 0.2) is 0 Å². The molecule has 0 amide bonds. The molecule has 0 atom stereocenters. The summed E-state index contributed by atoms with van der Waals surface area (Å²) >= 11 is 0. The van der Waals surface area contributed by atoms with Gasteiger partial charge in [-0.1, -0.05) is 18.2 Å². The minimum absolute atomic E-state index is 0.0802. The van der Waals surface area contributed by atoms with Crippen molar-refractivity contribution in [2.45, 2.75) is 0 Å². The number of nitriles is 1. The van der Waals surface area contributed by atoms with E-state index in [-0.39, 0.29) is 5.56 Å². The molecule has 0 fully saturated rings. The van der Waals surface area contributed by atoms with Crippen LogP contribution in [0.3, 0.4) is 0 Å². The molecule has 0 heterocycles. The zero-order valence-electron chi connectivity index (χ0n) is 7.92. The molecule has 1 N–H and O–H groups in total. The molecule has 0 unspecified atom stereocenters. The smallest absolute Gasteiger partial charge is 0.140 e. The number of rotatable bonds is 3. The summed E-state index contributed by atoms with van der Waals surface area (Å²) in [5, 5.41) is 11.5. The first-order chi connectivity index (χ1) is 6.77. The predicted octanol–water partition coefficient (Wildman–Crippen LogP) is 1.93. The van der Waals surface area contributed by atoms with E-state index in [2.05, 4.69) is 5.32 Å². The molecule has 0 spiro atoms. The van der Waals surface area contributed by atoms with Gasteiger partial charge in [0.05, 0.1) is 5.56 Å². The predicted molar refractivity (Wildman–Crippen MR) is 54.1 cm³/mol. The van der Waals surface area contributed by atoms with E-state index in [4.69, 9.17) is 5.26 Å². The number of nitrogens with one attached hydrogen (secondary N) is 1. The van der Waals surface area contributed by atoms with Crippen LogP contribution in [-0.4, -0.2) is 13.6 Å². The fraction of sp³-hybridized carbons (Fsp3) is 0.182. The Morgan fingerprint density at radius 3 is 3.00 bits per heavy atom. The Morgan fingerprint density at radius 1 is 1.57 bits per heavy atom. The third-order valence-electron chi connectivity index (χ3n) is 1.74. The highest BCUT2D eigenvalue weighted by Crippen LogP contribution is 2.10. The molecule has 0 aliphatic rings. The molecule has 0 aromatic heterocycles. The molecule has 14 heavy (non-hydrogen) atoms. The second-order valence-corrected chi connectivity index (χ2v) is 2.81. The van der Waals surface area contributed by atoms with E-state index in [1.54, 1.807) is 12.1 Å². The molecule has 0 saturated heterocycles. The average molecular weight is 190 g/mol. The van der Waals surface area contributed by atoms with Gasteiger partial charge in [0.25, 0.3) is 0 Å². The van der Waals surface area contributed by atoms with Crippen LogP contribution in [-0.2, 0) is 0 Å². The average Bonchev–Trinajstić information content (AvgIpc) is 2.21. The number of benzene rings is 1. The highest BCUT2D eigenvalue weighted by atomic mass is 19.1. The highest BCUT2D eigenvalue weighted by Gasteiger charge is 1.99. The fourth-order valence-corrected chi connectivity index (χ4v) is 1.05. The van der Waals surface area contributed by atoms with E-state index in [0.717, 1.165) is 12.1 Å². The summed E-state index contributed by atoms with van der Waals surface area (Å²) in [6, 6.07) is 6.28. The van der Waals surface area contributed by atoms with Crippen molar-refractivity contribution in [1.82, 2.24) is 5.32 Å². The number of nitrogens with zero attached hydrogens (tertiary/aromatic N) is 1. The second kappa shape index (κ2) is 5.15. The van der Waals surface area contributed by atoms with Gasteiger partial charge in [-0.2, -0.15) is 5.26 Å².